The standard InChI is InChI=1S/C10H12O4S/c1-8-3-5-10(6-4-8)15(12,13)14-7-9(2)11/h3-6H,7H2,1-2H3. The minimum Gasteiger partial charge on any atom is -0.297 e. The number of benzene rings is 1. The molecule has 0 radical (unpaired) electrons. The van der Waals surface area contributed by atoms with Crippen molar-refractivity contribution in [2.75, 3.05) is 6.61 Å². The van der Waals surface area contributed by atoms with E-state index in [0.29, 0.717) is 0 Å². The van der Waals surface area contributed by atoms with Crippen LogP contribution in [-0.4, -0.2) is 20.8 Å². The molecule has 4 nitrogen and oxygen atoms in total. The lowest BCUT2D eigenvalue weighted by atomic mass is 10.2. The number of carbonyl (C=O) groups is 1. The number of rotatable bonds is 4. The fourth-order valence-corrected chi connectivity index (χ4v) is 1.86. The molecular weight excluding hydrogens is 216 g/mol. The molecule has 0 atom stereocenters. The maximum absolute atomic E-state index is 11.5. The second-order valence-electron chi connectivity index (χ2n) is 3.23. The van der Waals surface area contributed by atoms with Gasteiger partial charge in [-0.2, -0.15) is 8.42 Å². The first-order valence-corrected chi connectivity index (χ1v) is 5.78. The highest BCUT2D eigenvalue weighted by molar-refractivity contribution is 7.86. The van der Waals surface area contributed by atoms with Gasteiger partial charge in [0.1, 0.15) is 6.61 Å². The summed E-state index contributed by atoms with van der Waals surface area (Å²) in [6.07, 6.45) is 0. The Balaban J connectivity index is 2.87. The van der Waals surface area contributed by atoms with Crippen molar-refractivity contribution in [3.8, 4) is 0 Å². The SMILES string of the molecule is CC(=O)COS(=O)(=O)c1ccc(C)cc1. The summed E-state index contributed by atoms with van der Waals surface area (Å²) in [5, 5.41) is 0. The maximum Gasteiger partial charge on any atom is 0.297 e. The number of hydrogen-bond donors (Lipinski definition) is 0. The zero-order valence-electron chi connectivity index (χ0n) is 8.56. The van der Waals surface area contributed by atoms with E-state index in [2.05, 4.69) is 4.18 Å². The molecule has 1 rings (SSSR count). The topological polar surface area (TPSA) is 60.4 Å². The number of aryl methyl sites for hydroxylation is 1. The molecule has 0 aliphatic rings. The van der Waals surface area contributed by atoms with Gasteiger partial charge >= 0.3 is 0 Å². The molecule has 15 heavy (non-hydrogen) atoms. The van der Waals surface area contributed by atoms with Gasteiger partial charge in [-0.15, -0.1) is 0 Å². The molecule has 0 bridgehead atoms. The average Bonchev–Trinajstić information content (AvgIpc) is 2.16. The van der Waals surface area contributed by atoms with Crippen molar-refractivity contribution in [2.24, 2.45) is 0 Å². The molecule has 0 unspecified atom stereocenters. The molecule has 0 spiro atoms. The summed E-state index contributed by atoms with van der Waals surface area (Å²) >= 11 is 0. The Morgan fingerprint density at radius 1 is 1.27 bits per heavy atom. The summed E-state index contributed by atoms with van der Waals surface area (Å²) < 4.78 is 27.5. The van der Waals surface area contributed by atoms with Crippen molar-refractivity contribution in [1.82, 2.24) is 0 Å². The van der Waals surface area contributed by atoms with Crippen LogP contribution in [0.4, 0.5) is 0 Å². The predicted molar refractivity (Wildman–Crippen MR) is 55.0 cm³/mol. The Kier molecular flexibility index (Phi) is 3.60. The fraction of sp³-hybridized carbons (Fsp3) is 0.300. The van der Waals surface area contributed by atoms with Crippen molar-refractivity contribution in [1.29, 1.82) is 0 Å². The van der Waals surface area contributed by atoms with E-state index in [1.165, 1.54) is 19.1 Å². The average molecular weight is 228 g/mol. The summed E-state index contributed by atoms with van der Waals surface area (Å²) in [5.41, 5.74) is 0.959. The third kappa shape index (κ3) is 3.45. The molecule has 0 fully saturated rings. The van der Waals surface area contributed by atoms with Gasteiger partial charge in [0.2, 0.25) is 0 Å². The monoisotopic (exact) mass is 228 g/mol. The highest BCUT2D eigenvalue weighted by atomic mass is 32.2. The fourth-order valence-electron chi connectivity index (χ4n) is 0.934. The molecule has 5 heteroatoms. The molecule has 0 aliphatic carbocycles. The van der Waals surface area contributed by atoms with E-state index in [1.807, 2.05) is 6.92 Å². The van der Waals surface area contributed by atoms with Crippen LogP contribution >= 0.6 is 0 Å². The molecule has 0 heterocycles. The van der Waals surface area contributed by atoms with Crippen molar-refractivity contribution >= 4 is 15.9 Å². The number of ketones is 1. The number of hydrogen-bond acceptors (Lipinski definition) is 4. The first kappa shape index (κ1) is 11.9. The second-order valence-corrected chi connectivity index (χ2v) is 4.85. The third-order valence-electron chi connectivity index (χ3n) is 1.73. The van der Waals surface area contributed by atoms with Gasteiger partial charge in [0.05, 0.1) is 4.90 Å². The van der Waals surface area contributed by atoms with Gasteiger partial charge in [-0.1, -0.05) is 17.7 Å². The van der Waals surface area contributed by atoms with E-state index in [1.54, 1.807) is 12.1 Å². The van der Waals surface area contributed by atoms with Crippen LogP contribution < -0.4 is 0 Å². The summed E-state index contributed by atoms with van der Waals surface area (Å²) in [7, 11) is -3.79. The molecule has 0 aromatic heterocycles. The van der Waals surface area contributed by atoms with Crippen molar-refractivity contribution in [3.05, 3.63) is 29.8 Å². The minimum atomic E-state index is -3.79. The van der Waals surface area contributed by atoms with Crippen LogP contribution in [0.25, 0.3) is 0 Å². The normalized spacial score (nSPS) is 11.3. The number of Topliss-reactive ketones (excluding diaryl/α,β-unsaturated/α-hetero) is 1. The van der Waals surface area contributed by atoms with Crippen LogP contribution in [0.1, 0.15) is 12.5 Å². The maximum atomic E-state index is 11.5. The Morgan fingerprint density at radius 2 is 1.80 bits per heavy atom. The molecule has 0 amide bonds. The third-order valence-corrected chi connectivity index (χ3v) is 3.00. The lowest BCUT2D eigenvalue weighted by Gasteiger charge is -2.03. The lowest BCUT2D eigenvalue weighted by molar-refractivity contribution is -0.118. The molecule has 1 aromatic carbocycles. The minimum absolute atomic E-state index is 0.0642. The first-order valence-electron chi connectivity index (χ1n) is 4.37. The van der Waals surface area contributed by atoms with Crippen molar-refractivity contribution in [3.63, 3.8) is 0 Å². The van der Waals surface area contributed by atoms with Crippen molar-refractivity contribution in [2.45, 2.75) is 18.7 Å². The van der Waals surface area contributed by atoms with Crippen molar-refractivity contribution < 1.29 is 17.4 Å². The Morgan fingerprint density at radius 3 is 2.27 bits per heavy atom. The molecule has 0 saturated carbocycles. The van der Waals surface area contributed by atoms with E-state index >= 15 is 0 Å². The highest BCUT2D eigenvalue weighted by Gasteiger charge is 2.15. The van der Waals surface area contributed by atoms with Crippen LogP contribution in [-0.2, 0) is 19.1 Å². The van der Waals surface area contributed by atoms with Crippen LogP contribution in [0.15, 0.2) is 29.2 Å². The second kappa shape index (κ2) is 4.55. The van der Waals surface area contributed by atoms with Gasteiger partial charge in [-0.25, -0.2) is 0 Å². The van der Waals surface area contributed by atoms with Gasteiger partial charge in [0.15, 0.2) is 5.78 Å². The van der Waals surface area contributed by atoms with Crippen LogP contribution in [0.5, 0.6) is 0 Å². The molecule has 0 aliphatic heterocycles. The summed E-state index contributed by atoms with van der Waals surface area (Å²) in [5.74, 6) is -0.328. The zero-order valence-corrected chi connectivity index (χ0v) is 9.37. The largest absolute Gasteiger partial charge is 0.297 e. The van der Waals surface area contributed by atoms with E-state index in [-0.39, 0.29) is 10.7 Å². The molecule has 82 valence electrons. The summed E-state index contributed by atoms with van der Waals surface area (Å²) in [6, 6.07) is 6.24. The molecule has 1 aromatic rings. The smallest absolute Gasteiger partial charge is 0.297 e. The van der Waals surface area contributed by atoms with E-state index in [4.69, 9.17) is 0 Å². The van der Waals surface area contributed by atoms with Gasteiger partial charge in [0.25, 0.3) is 10.1 Å². The first-order chi connectivity index (χ1) is 6.92. The summed E-state index contributed by atoms with van der Waals surface area (Å²) in [6.45, 7) is 2.70. The van der Waals surface area contributed by atoms with Gasteiger partial charge < -0.3 is 0 Å². The van der Waals surface area contributed by atoms with Gasteiger partial charge in [-0.05, 0) is 26.0 Å². The van der Waals surface area contributed by atoms with Gasteiger partial charge in [-0.3, -0.25) is 8.98 Å². The van der Waals surface area contributed by atoms with Gasteiger partial charge in [0, 0.05) is 0 Å². The Hall–Kier alpha value is -1.20. The molecule has 0 N–H and O–H groups in total. The zero-order chi connectivity index (χ0) is 11.5. The Labute approximate surface area is 89.0 Å². The van der Waals surface area contributed by atoms with E-state index < -0.39 is 16.7 Å². The summed E-state index contributed by atoms with van der Waals surface area (Å²) in [4.78, 5) is 10.7. The van der Waals surface area contributed by atoms with Crippen LogP contribution in [0.3, 0.4) is 0 Å². The highest BCUT2D eigenvalue weighted by Crippen LogP contribution is 2.12. The Bertz CT molecular complexity index is 445. The molecule has 0 saturated heterocycles. The van der Waals surface area contributed by atoms with Crippen LogP contribution in [0, 0.1) is 6.92 Å². The van der Waals surface area contributed by atoms with E-state index in [0.717, 1.165) is 5.56 Å². The molecular formula is C10H12O4S. The number of carbonyl (C=O) groups excluding carboxylic acids is 1. The van der Waals surface area contributed by atoms with Crippen LogP contribution in [0.2, 0.25) is 0 Å². The quantitative estimate of drug-likeness (QED) is 0.728. The predicted octanol–water partition coefficient (Wildman–Crippen LogP) is 1.29. The van der Waals surface area contributed by atoms with E-state index in [9.17, 15) is 13.2 Å². The lowest BCUT2D eigenvalue weighted by Crippen LogP contribution is -2.12.